The van der Waals surface area contributed by atoms with E-state index in [4.69, 9.17) is 16.7 Å². The summed E-state index contributed by atoms with van der Waals surface area (Å²) in [6.07, 6.45) is -0.231. The molecule has 7 heteroatoms. The van der Waals surface area contributed by atoms with Crippen LogP contribution in [0.4, 0.5) is 10.5 Å². The number of hydrogen-bond donors (Lipinski definition) is 4. The molecule has 1 aromatic rings. The number of carbonyl (C=O) groups excluding carboxylic acids is 1. The minimum absolute atomic E-state index is 0.0508. The van der Waals surface area contributed by atoms with E-state index in [1.165, 1.54) is 0 Å². The first-order valence-electron chi connectivity index (χ1n) is 5.98. The van der Waals surface area contributed by atoms with Gasteiger partial charge < -0.3 is 20.8 Å². The van der Waals surface area contributed by atoms with Crippen LogP contribution in [0.1, 0.15) is 13.3 Å². The Kier molecular flexibility index (Phi) is 5.79. The molecule has 1 atom stereocenters. The first-order valence-corrected chi connectivity index (χ1v) is 6.35. The molecule has 20 heavy (non-hydrogen) atoms. The third-order valence-corrected chi connectivity index (χ3v) is 2.99. The third kappa shape index (κ3) is 5.46. The average Bonchev–Trinajstić information content (AvgIpc) is 2.38. The van der Waals surface area contributed by atoms with Gasteiger partial charge in [-0.2, -0.15) is 0 Å². The normalized spacial score (nSPS) is 13.3. The minimum Gasteiger partial charge on any atom is -0.481 e. The number of carboxylic acid groups (broad SMARTS) is 1. The molecule has 0 saturated heterocycles. The summed E-state index contributed by atoms with van der Waals surface area (Å²) in [5, 5.41) is 23.7. The number of aliphatic carboxylic acids is 1. The minimum atomic E-state index is -1.03. The van der Waals surface area contributed by atoms with Crippen molar-refractivity contribution in [2.75, 3.05) is 18.5 Å². The van der Waals surface area contributed by atoms with Crippen LogP contribution in [0.25, 0.3) is 0 Å². The average molecular weight is 301 g/mol. The van der Waals surface area contributed by atoms with Crippen LogP contribution in [0.2, 0.25) is 5.02 Å². The standard InChI is InChI=1S/C13H17ClN2O4/c1-13(8-17,6-11(18)19)7-15-12(20)16-10-4-2-9(14)3-5-10/h2-5,17H,6-8H2,1H3,(H,18,19)(H2,15,16,20). The smallest absolute Gasteiger partial charge is 0.319 e. The van der Waals surface area contributed by atoms with Gasteiger partial charge in [0.15, 0.2) is 0 Å². The molecule has 2 amide bonds. The predicted octanol–water partition coefficient (Wildman–Crippen LogP) is 1.93. The van der Waals surface area contributed by atoms with Gasteiger partial charge in [0, 0.05) is 22.7 Å². The molecule has 0 saturated carbocycles. The predicted molar refractivity (Wildman–Crippen MR) is 75.9 cm³/mol. The zero-order valence-electron chi connectivity index (χ0n) is 11.0. The van der Waals surface area contributed by atoms with Gasteiger partial charge in [-0.3, -0.25) is 4.79 Å². The van der Waals surface area contributed by atoms with Gasteiger partial charge in [0.2, 0.25) is 0 Å². The van der Waals surface area contributed by atoms with Crippen molar-refractivity contribution >= 4 is 29.3 Å². The van der Waals surface area contributed by atoms with Crippen LogP contribution in [-0.2, 0) is 4.79 Å². The Morgan fingerprint density at radius 2 is 1.90 bits per heavy atom. The number of carboxylic acids is 1. The molecule has 0 fully saturated rings. The molecule has 0 heterocycles. The first-order chi connectivity index (χ1) is 9.34. The van der Waals surface area contributed by atoms with E-state index in [1.807, 2.05) is 0 Å². The number of benzene rings is 1. The second-order valence-corrected chi connectivity index (χ2v) is 5.29. The van der Waals surface area contributed by atoms with Gasteiger partial charge >= 0.3 is 12.0 Å². The summed E-state index contributed by atoms with van der Waals surface area (Å²) in [6, 6.07) is 6.09. The molecular formula is C13H17ClN2O4. The van der Waals surface area contributed by atoms with Gasteiger partial charge in [0.05, 0.1) is 13.0 Å². The monoisotopic (exact) mass is 300 g/mol. The van der Waals surface area contributed by atoms with Crippen LogP contribution >= 0.6 is 11.6 Å². The topological polar surface area (TPSA) is 98.7 Å². The number of carbonyl (C=O) groups is 2. The second kappa shape index (κ2) is 7.12. The van der Waals surface area contributed by atoms with Gasteiger partial charge in [-0.25, -0.2) is 4.79 Å². The van der Waals surface area contributed by atoms with Crippen LogP contribution in [0.3, 0.4) is 0 Å². The molecule has 4 N–H and O–H groups in total. The van der Waals surface area contributed by atoms with Crippen molar-refractivity contribution < 1.29 is 19.8 Å². The largest absolute Gasteiger partial charge is 0.481 e. The van der Waals surface area contributed by atoms with Crippen LogP contribution in [-0.4, -0.2) is 35.4 Å². The fourth-order valence-electron chi connectivity index (χ4n) is 1.54. The molecule has 0 aliphatic heterocycles. The molecular weight excluding hydrogens is 284 g/mol. The van der Waals surface area contributed by atoms with Gasteiger partial charge in [-0.1, -0.05) is 18.5 Å². The zero-order valence-corrected chi connectivity index (χ0v) is 11.8. The van der Waals surface area contributed by atoms with E-state index in [9.17, 15) is 14.7 Å². The van der Waals surface area contributed by atoms with Gasteiger partial charge in [-0.05, 0) is 24.3 Å². The maximum Gasteiger partial charge on any atom is 0.319 e. The SMILES string of the molecule is CC(CO)(CNC(=O)Nc1ccc(Cl)cc1)CC(=O)O. The van der Waals surface area contributed by atoms with Crippen LogP contribution in [0.15, 0.2) is 24.3 Å². The molecule has 0 aliphatic rings. The molecule has 0 aromatic heterocycles. The number of aliphatic hydroxyl groups excluding tert-OH is 1. The molecule has 0 radical (unpaired) electrons. The maximum atomic E-state index is 11.7. The lowest BCUT2D eigenvalue weighted by molar-refractivity contribution is -0.140. The van der Waals surface area contributed by atoms with Crippen molar-refractivity contribution in [3.05, 3.63) is 29.3 Å². The maximum absolute atomic E-state index is 11.7. The highest BCUT2D eigenvalue weighted by Gasteiger charge is 2.27. The lowest BCUT2D eigenvalue weighted by Crippen LogP contribution is -2.41. The highest BCUT2D eigenvalue weighted by atomic mass is 35.5. The summed E-state index contributed by atoms with van der Waals surface area (Å²) < 4.78 is 0. The zero-order chi connectivity index (χ0) is 15.2. The molecule has 0 spiro atoms. The number of anilines is 1. The Morgan fingerprint density at radius 3 is 2.40 bits per heavy atom. The summed E-state index contributed by atoms with van der Waals surface area (Å²) in [4.78, 5) is 22.4. The Hall–Kier alpha value is -1.79. The van der Waals surface area contributed by atoms with Gasteiger partial charge in [-0.15, -0.1) is 0 Å². The van der Waals surface area contributed by atoms with E-state index in [-0.39, 0.29) is 19.6 Å². The third-order valence-electron chi connectivity index (χ3n) is 2.74. The van der Waals surface area contributed by atoms with Crippen molar-refractivity contribution in [3.63, 3.8) is 0 Å². The number of rotatable bonds is 6. The molecule has 1 aromatic carbocycles. The summed E-state index contributed by atoms with van der Waals surface area (Å²) >= 11 is 5.72. The molecule has 1 rings (SSSR count). The molecule has 1 unspecified atom stereocenters. The Bertz CT molecular complexity index is 478. The molecule has 110 valence electrons. The summed E-state index contributed by atoms with van der Waals surface area (Å²) in [5.41, 5.74) is -0.334. The number of aliphatic hydroxyl groups is 1. The van der Waals surface area contributed by atoms with E-state index in [0.29, 0.717) is 10.7 Å². The number of amides is 2. The number of halogens is 1. The number of nitrogens with one attached hydrogen (secondary N) is 2. The molecule has 6 nitrogen and oxygen atoms in total. The van der Waals surface area contributed by atoms with Crippen LogP contribution in [0.5, 0.6) is 0 Å². The van der Waals surface area contributed by atoms with E-state index < -0.39 is 17.4 Å². The summed E-state index contributed by atoms with van der Waals surface area (Å²) in [7, 11) is 0. The van der Waals surface area contributed by atoms with Crippen LogP contribution < -0.4 is 10.6 Å². The first kappa shape index (κ1) is 16.3. The highest BCUT2D eigenvalue weighted by Crippen LogP contribution is 2.19. The van der Waals surface area contributed by atoms with E-state index in [0.717, 1.165) is 0 Å². The fourth-order valence-corrected chi connectivity index (χ4v) is 1.67. The van der Waals surface area contributed by atoms with Crippen molar-refractivity contribution in [1.82, 2.24) is 5.32 Å². The number of urea groups is 1. The van der Waals surface area contributed by atoms with Gasteiger partial charge in [0.25, 0.3) is 0 Å². The highest BCUT2D eigenvalue weighted by molar-refractivity contribution is 6.30. The lowest BCUT2D eigenvalue weighted by Gasteiger charge is -2.25. The summed E-state index contributed by atoms with van der Waals surface area (Å²) in [5.74, 6) is -1.03. The Labute approximate surface area is 121 Å². The lowest BCUT2D eigenvalue weighted by atomic mass is 9.88. The van der Waals surface area contributed by atoms with Crippen molar-refractivity contribution in [2.45, 2.75) is 13.3 Å². The van der Waals surface area contributed by atoms with E-state index in [2.05, 4.69) is 10.6 Å². The summed E-state index contributed by atoms with van der Waals surface area (Å²) in [6.45, 7) is 1.30. The van der Waals surface area contributed by atoms with E-state index in [1.54, 1.807) is 31.2 Å². The van der Waals surface area contributed by atoms with Crippen LogP contribution in [0, 0.1) is 5.41 Å². The van der Waals surface area contributed by atoms with E-state index >= 15 is 0 Å². The van der Waals surface area contributed by atoms with Crippen molar-refractivity contribution in [3.8, 4) is 0 Å². The van der Waals surface area contributed by atoms with Crippen molar-refractivity contribution in [1.29, 1.82) is 0 Å². The quantitative estimate of drug-likeness (QED) is 0.645. The Morgan fingerprint density at radius 1 is 1.30 bits per heavy atom. The number of hydrogen-bond acceptors (Lipinski definition) is 3. The second-order valence-electron chi connectivity index (χ2n) is 4.85. The van der Waals surface area contributed by atoms with Gasteiger partial charge in [0.1, 0.15) is 0 Å². The molecule has 0 bridgehead atoms. The molecule has 0 aliphatic carbocycles. The van der Waals surface area contributed by atoms with Crippen molar-refractivity contribution in [2.24, 2.45) is 5.41 Å². The fraction of sp³-hybridized carbons (Fsp3) is 0.385. The Balaban J connectivity index is 2.49.